The van der Waals surface area contributed by atoms with Crippen molar-refractivity contribution in [2.45, 2.75) is 6.54 Å². The fourth-order valence-corrected chi connectivity index (χ4v) is 3.67. The van der Waals surface area contributed by atoms with E-state index in [1.54, 1.807) is 24.5 Å². The van der Waals surface area contributed by atoms with Crippen LogP contribution in [0.3, 0.4) is 0 Å². The van der Waals surface area contributed by atoms with Crippen molar-refractivity contribution in [1.82, 2.24) is 15.1 Å². The number of methoxy groups -OCH3 is 1. The van der Waals surface area contributed by atoms with Crippen molar-refractivity contribution in [3.8, 4) is 22.7 Å². The van der Waals surface area contributed by atoms with E-state index < -0.39 is 0 Å². The number of ether oxygens (including phenoxy) is 1. The van der Waals surface area contributed by atoms with Crippen LogP contribution in [0.15, 0.2) is 84.4 Å². The minimum atomic E-state index is -0.146. The molecule has 4 rings (SSSR count). The van der Waals surface area contributed by atoms with Gasteiger partial charge in [-0.05, 0) is 41.8 Å². The Morgan fingerprint density at radius 2 is 2.00 bits per heavy atom. The first-order valence-electron chi connectivity index (χ1n) is 9.51. The molecule has 0 aliphatic heterocycles. The van der Waals surface area contributed by atoms with Gasteiger partial charge in [0.05, 0.1) is 18.5 Å². The number of hydrogen-bond acceptors (Lipinski definition) is 4. The van der Waals surface area contributed by atoms with Crippen LogP contribution in [0.4, 0.5) is 0 Å². The average Bonchev–Trinajstić information content (AvgIpc) is 3.47. The Labute approximate surface area is 179 Å². The van der Waals surface area contributed by atoms with Gasteiger partial charge in [0.15, 0.2) is 0 Å². The molecular formula is C24H21N3O2S. The number of rotatable bonds is 7. The van der Waals surface area contributed by atoms with E-state index in [1.807, 2.05) is 89.1 Å². The third kappa shape index (κ3) is 4.67. The molecule has 0 atom stereocenters. The minimum absolute atomic E-state index is 0.146. The second-order valence-electron chi connectivity index (χ2n) is 6.58. The number of thiophene rings is 1. The fraction of sp³-hybridized carbons (Fsp3) is 0.0833. The summed E-state index contributed by atoms with van der Waals surface area (Å²) in [5.41, 5.74) is 3.62. The van der Waals surface area contributed by atoms with E-state index >= 15 is 0 Å². The fourth-order valence-electron chi connectivity index (χ4n) is 3.05. The summed E-state index contributed by atoms with van der Waals surface area (Å²) in [7, 11) is 1.64. The summed E-state index contributed by atoms with van der Waals surface area (Å²) in [6.07, 6.45) is 5.32. The lowest BCUT2D eigenvalue weighted by atomic mass is 10.1. The molecule has 0 fully saturated rings. The molecular weight excluding hydrogens is 394 g/mol. The van der Waals surface area contributed by atoms with E-state index in [2.05, 4.69) is 5.32 Å². The van der Waals surface area contributed by atoms with Gasteiger partial charge in [-0.3, -0.25) is 4.79 Å². The molecule has 30 heavy (non-hydrogen) atoms. The third-order valence-electron chi connectivity index (χ3n) is 4.55. The highest BCUT2D eigenvalue weighted by molar-refractivity contribution is 7.10. The first-order valence-corrected chi connectivity index (χ1v) is 10.4. The summed E-state index contributed by atoms with van der Waals surface area (Å²) >= 11 is 1.59. The molecule has 1 N–H and O–H groups in total. The maximum Gasteiger partial charge on any atom is 0.244 e. The molecule has 0 bridgehead atoms. The molecule has 2 aromatic heterocycles. The quantitative estimate of drug-likeness (QED) is 0.435. The van der Waals surface area contributed by atoms with E-state index in [0.717, 1.165) is 33.1 Å². The van der Waals surface area contributed by atoms with Gasteiger partial charge in [-0.15, -0.1) is 11.3 Å². The van der Waals surface area contributed by atoms with Crippen LogP contribution in [0, 0.1) is 0 Å². The molecule has 0 radical (unpaired) electrons. The van der Waals surface area contributed by atoms with Crippen LogP contribution in [-0.2, 0) is 11.3 Å². The summed E-state index contributed by atoms with van der Waals surface area (Å²) in [4.78, 5) is 13.3. The highest BCUT2D eigenvalue weighted by atomic mass is 32.1. The first-order chi connectivity index (χ1) is 14.7. The van der Waals surface area contributed by atoms with Crippen molar-refractivity contribution >= 4 is 23.3 Å². The first kappa shape index (κ1) is 19.7. The van der Waals surface area contributed by atoms with E-state index in [1.165, 1.54) is 0 Å². The van der Waals surface area contributed by atoms with Crippen LogP contribution in [0.25, 0.3) is 23.0 Å². The van der Waals surface area contributed by atoms with Gasteiger partial charge in [0.25, 0.3) is 0 Å². The molecule has 0 unspecified atom stereocenters. The predicted octanol–water partition coefficient (Wildman–Crippen LogP) is 4.94. The van der Waals surface area contributed by atoms with Gasteiger partial charge in [-0.2, -0.15) is 5.10 Å². The minimum Gasteiger partial charge on any atom is -0.497 e. The standard InChI is InChI=1S/C24H21N3O2S/c1-29-21-10-5-7-18(15-21)24-19(17-27(26-24)20-8-3-2-4-9-20)16-25-23(28)13-12-22-11-6-14-30-22/h2-15,17H,16H2,1H3,(H,25,28). The Morgan fingerprint density at radius 1 is 1.13 bits per heavy atom. The highest BCUT2D eigenvalue weighted by Crippen LogP contribution is 2.27. The number of carbonyl (C=O) groups is 1. The summed E-state index contributed by atoms with van der Waals surface area (Å²) in [6, 6.07) is 21.6. The predicted molar refractivity (Wildman–Crippen MR) is 121 cm³/mol. The van der Waals surface area contributed by atoms with Crippen molar-refractivity contribution in [3.05, 3.63) is 94.8 Å². The van der Waals surface area contributed by atoms with Gasteiger partial charge in [0.2, 0.25) is 5.91 Å². The molecule has 0 spiro atoms. The Hall–Kier alpha value is -3.64. The van der Waals surface area contributed by atoms with Crippen molar-refractivity contribution < 1.29 is 9.53 Å². The topological polar surface area (TPSA) is 56.1 Å². The lowest BCUT2D eigenvalue weighted by Crippen LogP contribution is -2.20. The van der Waals surface area contributed by atoms with Gasteiger partial charge < -0.3 is 10.1 Å². The van der Waals surface area contributed by atoms with E-state index in [0.29, 0.717) is 6.54 Å². The summed E-state index contributed by atoms with van der Waals surface area (Å²) in [5.74, 6) is 0.614. The van der Waals surface area contributed by atoms with E-state index in [4.69, 9.17) is 9.84 Å². The Morgan fingerprint density at radius 3 is 2.77 bits per heavy atom. The molecule has 0 saturated heterocycles. The summed E-state index contributed by atoms with van der Waals surface area (Å²) < 4.78 is 7.19. The number of amides is 1. The third-order valence-corrected chi connectivity index (χ3v) is 5.39. The maximum atomic E-state index is 12.3. The number of benzene rings is 2. The number of aromatic nitrogens is 2. The normalized spacial score (nSPS) is 11.0. The smallest absolute Gasteiger partial charge is 0.244 e. The van der Waals surface area contributed by atoms with Crippen molar-refractivity contribution in [2.24, 2.45) is 0 Å². The second kappa shape index (κ2) is 9.24. The van der Waals surface area contributed by atoms with Crippen LogP contribution in [-0.4, -0.2) is 22.8 Å². The monoisotopic (exact) mass is 415 g/mol. The van der Waals surface area contributed by atoms with Gasteiger partial charge in [0, 0.05) is 34.8 Å². The van der Waals surface area contributed by atoms with E-state index in [9.17, 15) is 4.79 Å². The van der Waals surface area contributed by atoms with Crippen LogP contribution in [0.5, 0.6) is 5.75 Å². The number of para-hydroxylation sites is 1. The Bertz CT molecular complexity index is 1150. The van der Waals surface area contributed by atoms with Crippen molar-refractivity contribution in [3.63, 3.8) is 0 Å². The SMILES string of the molecule is COc1cccc(-c2nn(-c3ccccc3)cc2CNC(=O)C=Cc2cccs2)c1. The number of carbonyl (C=O) groups excluding carboxylic acids is 1. The molecule has 4 aromatic rings. The number of nitrogens with zero attached hydrogens (tertiary/aromatic N) is 2. The van der Waals surface area contributed by atoms with Crippen LogP contribution < -0.4 is 10.1 Å². The molecule has 5 nitrogen and oxygen atoms in total. The Balaban J connectivity index is 1.60. The van der Waals surface area contributed by atoms with Gasteiger partial charge >= 0.3 is 0 Å². The molecule has 2 aromatic carbocycles. The second-order valence-corrected chi connectivity index (χ2v) is 7.56. The molecule has 0 aliphatic rings. The van der Waals surface area contributed by atoms with Gasteiger partial charge in [-0.25, -0.2) is 4.68 Å². The number of hydrogen-bond donors (Lipinski definition) is 1. The zero-order chi connectivity index (χ0) is 20.8. The largest absolute Gasteiger partial charge is 0.497 e. The van der Waals surface area contributed by atoms with Gasteiger partial charge in [0.1, 0.15) is 5.75 Å². The van der Waals surface area contributed by atoms with Crippen LogP contribution >= 0.6 is 11.3 Å². The lowest BCUT2D eigenvalue weighted by molar-refractivity contribution is -0.116. The zero-order valence-electron chi connectivity index (χ0n) is 16.5. The van der Waals surface area contributed by atoms with Crippen LogP contribution in [0.2, 0.25) is 0 Å². The molecule has 150 valence electrons. The molecule has 0 saturated carbocycles. The Kier molecular flexibility index (Phi) is 6.06. The van der Waals surface area contributed by atoms with Crippen LogP contribution in [0.1, 0.15) is 10.4 Å². The average molecular weight is 416 g/mol. The van der Waals surface area contributed by atoms with E-state index in [-0.39, 0.29) is 5.91 Å². The zero-order valence-corrected chi connectivity index (χ0v) is 17.3. The molecule has 1 amide bonds. The number of nitrogens with one attached hydrogen (secondary N) is 1. The lowest BCUT2D eigenvalue weighted by Gasteiger charge is -2.05. The summed E-state index contributed by atoms with van der Waals surface area (Å²) in [5, 5.41) is 9.73. The molecule has 2 heterocycles. The van der Waals surface area contributed by atoms with Crippen molar-refractivity contribution in [2.75, 3.05) is 7.11 Å². The molecule has 0 aliphatic carbocycles. The molecule has 6 heteroatoms. The van der Waals surface area contributed by atoms with Crippen molar-refractivity contribution in [1.29, 1.82) is 0 Å². The highest BCUT2D eigenvalue weighted by Gasteiger charge is 2.13. The van der Waals surface area contributed by atoms with Gasteiger partial charge in [-0.1, -0.05) is 36.4 Å². The maximum absolute atomic E-state index is 12.3. The summed E-state index contributed by atoms with van der Waals surface area (Å²) in [6.45, 7) is 0.368.